The maximum Gasteiger partial charge on any atom is 0.243 e. The molecule has 0 bridgehead atoms. The van der Waals surface area contributed by atoms with E-state index in [4.69, 9.17) is 4.74 Å². The van der Waals surface area contributed by atoms with Crippen molar-refractivity contribution < 1.29 is 14.3 Å². The summed E-state index contributed by atoms with van der Waals surface area (Å²) in [6, 6.07) is 13.1. The van der Waals surface area contributed by atoms with Crippen LogP contribution in [0.4, 0.5) is 17.1 Å². The van der Waals surface area contributed by atoms with Crippen molar-refractivity contribution in [3.8, 4) is 5.75 Å². The fraction of sp³-hybridized carbons (Fsp3) is 0.440. The van der Waals surface area contributed by atoms with Crippen molar-refractivity contribution in [2.45, 2.75) is 59.3 Å². The molecular weight excluding hydrogens is 390 g/mol. The third-order valence-corrected chi connectivity index (χ3v) is 4.92. The Labute approximate surface area is 185 Å². The van der Waals surface area contributed by atoms with Gasteiger partial charge in [0, 0.05) is 29.5 Å². The zero-order chi connectivity index (χ0) is 22.5. The molecule has 168 valence electrons. The molecule has 0 spiro atoms. The van der Waals surface area contributed by atoms with Crippen molar-refractivity contribution in [1.82, 2.24) is 0 Å². The van der Waals surface area contributed by atoms with Crippen LogP contribution in [0.1, 0.15) is 57.9 Å². The quantitative estimate of drug-likeness (QED) is 0.357. The molecule has 0 aliphatic heterocycles. The van der Waals surface area contributed by atoms with Gasteiger partial charge in [-0.25, -0.2) is 0 Å². The van der Waals surface area contributed by atoms with Crippen LogP contribution in [0.15, 0.2) is 42.5 Å². The van der Waals surface area contributed by atoms with E-state index in [0.29, 0.717) is 24.4 Å². The summed E-state index contributed by atoms with van der Waals surface area (Å²) < 4.78 is 5.82. The van der Waals surface area contributed by atoms with Gasteiger partial charge in [0.1, 0.15) is 5.75 Å². The van der Waals surface area contributed by atoms with Crippen LogP contribution in [0.2, 0.25) is 0 Å². The molecule has 0 aliphatic rings. The molecule has 0 unspecified atom stereocenters. The van der Waals surface area contributed by atoms with Gasteiger partial charge in [-0.3, -0.25) is 9.59 Å². The van der Waals surface area contributed by atoms with E-state index in [1.807, 2.05) is 43.3 Å². The number of nitrogens with one attached hydrogen (secondary N) is 3. The minimum Gasteiger partial charge on any atom is -0.494 e. The van der Waals surface area contributed by atoms with Gasteiger partial charge in [0.05, 0.1) is 13.2 Å². The van der Waals surface area contributed by atoms with Crippen LogP contribution >= 0.6 is 0 Å². The van der Waals surface area contributed by atoms with Crippen molar-refractivity contribution in [3.05, 3.63) is 48.0 Å². The van der Waals surface area contributed by atoms with Gasteiger partial charge in [-0.15, -0.1) is 0 Å². The molecule has 2 aromatic rings. The van der Waals surface area contributed by atoms with Gasteiger partial charge in [-0.05, 0) is 43.2 Å². The minimum absolute atomic E-state index is 0.0590. The average Bonchev–Trinajstić information content (AvgIpc) is 2.77. The first kappa shape index (κ1) is 24.3. The first-order valence-corrected chi connectivity index (χ1v) is 11.2. The molecule has 2 aromatic carbocycles. The number of rotatable bonds is 13. The second-order valence-corrected chi connectivity index (χ2v) is 7.62. The number of carbonyl (C=O) groups is 2. The fourth-order valence-corrected chi connectivity index (χ4v) is 3.05. The molecule has 31 heavy (non-hydrogen) atoms. The highest BCUT2D eigenvalue weighted by Crippen LogP contribution is 2.21. The van der Waals surface area contributed by atoms with Gasteiger partial charge < -0.3 is 20.7 Å². The number of aryl methyl sites for hydroxylation is 1. The van der Waals surface area contributed by atoms with E-state index in [9.17, 15) is 9.59 Å². The van der Waals surface area contributed by atoms with Crippen LogP contribution in [-0.4, -0.2) is 25.0 Å². The second-order valence-electron chi connectivity index (χ2n) is 7.62. The first-order chi connectivity index (χ1) is 15.0. The summed E-state index contributed by atoms with van der Waals surface area (Å²) in [7, 11) is 0. The Kier molecular flexibility index (Phi) is 10.4. The largest absolute Gasteiger partial charge is 0.494 e. The standard InChI is InChI=1S/C25H35N3O3/c1-4-6-7-8-9-15-31-22-12-10-11-20(16-22)26-18-25(30)27-21-14-13-19(3)23(17-21)28-24(29)5-2/h10-14,16-17,26H,4-9,15,18H2,1-3H3,(H,27,30)(H,28,29). The summed E-state index contributed by atoms with van der Waals surface area (Å²) in [5.41, 5.74) is 3.12. The summed E-state index contributed by atoms with van der Waals surface area (Å²) in [6.07, 6.45) is 6.42. The zero-order valence-corrected chi connectivity index (χ0v) is 18.9. The van der Waals surface area contributed by atoms with Crippen LogP contribution in [-0.2, 0) is 9.59 Å². The fourth-order valence-electron chi connectivity index (χ4n) is 3.05. The summed E-state index contributed by atoms with van der Waals surface area (Å²) in [4.78, 5) is 24.0. The lowest BCUT2D eigenvalue weighted by Gasteiger charge is -2.12. The number of carbonyl (C=O) groups excluding carboxylic acids is 2. The Morgan fingerprint density at radius 1 is 0.871 bits per heavy atom. The number of hydrogen-bond donors (Lipinski definition) is 3. The van der Waals surface area contributed by atoms with Gasteiger partial charge >= 0.3 is 0 Å². The summed E-state index contributed by atoms with van der Waals surface area (Å²) in [5.74, 6) is 0.575. The lowest BCUT2D eigenvalue weighted by atomic mass is 10.1. The number of hydrogen-bond acceptors (Lipinski definition) is 4. The van der Waals surface area contributed by atoms with E-state index in [0.717, 1.165) is 23.4 Å². The van der Waals surface area contributed by atoms with Crippen molar-refractivity contribution in [2.24, 2.45) is 0 Å². The molecular formula is C25H35N3O3. The van der Waals surface area contributed by atoms with E-state index in [2.05, 4.69) is 22.9 Å². The van der Waals surface area contributed by atoms with Gasteiger partial charge in [0.25, 0.3) is 0 Å². The molecule has 0 saturated carbocycles. The Bertz CT molecular complexity index is 852. The highest BCUT2D eigenvalue weighted by molar-refractivity contribution is 5.96. The van der Waals surface area contributed by atoms with Gasteiger partial charge in [-0.2, -0.15) is 0 Å². The molecule has 6 nitrogen and oxygen atoms in total. The molecule has 3 N–H and O–H groups in total. The second kappa shape index (κ2) is 13.3. The molecule has 0 radical (unpaired) electrons. The maximum atomic E-state index is 12.4. The molecule has 0 saturated heterocycles. The first-order valence-electron chi connectivity index (χ1n) is 11.2. The lowest BCUT2D eigenvalue weighted by Crippen LogP contribution is -2.22. The van der Waals surface area contributed by atoms with E-state index in [-0.39, 0.29) is 18.4 Å². The minimum atomic E-state index is -0.168. The van der Waals surface area contributed by atoms with Crippen molar-refractivity contribution >= 4 is 28.9 Å². The van der Waals surface area contributed by atoms with Gasteiger partial charge in [0.15, 0.2) is 0 Å². The SMILES string of the molecule is CCCCCCCOc1cccc(NCC(=O)Nc2ccc(C)c(NC(=O)CC)c2)c1. The van der Waals surface area contributed by atoms with E-state index in [1.54, 1.807) is 13.0 Å². The number of amides is 2. The van der Waals surface area contributed by atoms with Crippen molar-refractivity contribution in [1.29, 1.82) is 0 Å². The highest BCUT2D eigenvalue weighted by atomic mass is 16.5. The Morgan fingerprint density at radius 2 is 1.68 bits per heavy atom. The Hall–Kier alpha value is -3.02. The molecule has 2 amide bonds. The van der Waals surface area contributed by atoms with Crippen molar-refractivity contribution in [3.63, 3.8) is 0 Å². The van der Waals surface area contributed by atoms with Crippen LogP contribution in [0.3, 0.4) is 0 Å². The molecule has 0 fully saturated rings. The highest BCUT2D eigenvalue weighted by Gasteiger charge is 2.07. The van der Waals surface area contributed by atoms with E-state index >= 15 is 0 Å². The number of benzene rings is 2. The van der Waals surface area contributed by atoms with Crippen LogP contribution in [0.25, 0.3) is 0 Å². The van der Waals surface area contributed by atoms with Crippen LogP contribution < -0.4 is 20.7 Å². The number of unbranched alkanes of at least 4 members (excludes halogenated alkanes) is 4. The third kappa shape index (κ3) is 9.11. The zero-order valence-electron chi connectivity index (χ0n) is 18.9. The normalized spacial score (nSPS) is 10.4. The number of anilines is 3. The summed E-state index contributed by atoms with van der Waals surface area (Å²) in [6.45, 7) is 6.76. The van der Waals surface area contributed by atoms with Crippen LogP contribution in [0.5, 0.6) is 5.75 Å². The third-order valence-electron chi connectivity index (χ3n) is 4.92. The summed E-state index contributed by atoms with van der Waals surface area (Å²) in [5, 5.41) is 8.84. The average molecular weight is 426 g/mol. The molecule has 2 rings (SSSR count). The molecule has 6 heteroatoms. The predicted octanol–water partition coefficient (Wildman–Crippen LogP) is 5.74. The van der Waals surface area contributed by atoms with E-state index in [1.165, 1.54) is 25.7 Å². The van der Waals surface area contributed by atoms with Gasteiger partial charge in [-0.1, -0.05) is 51.7 Å². The Balaban J connectivity index is 1.81. The van der Waals surface area contributed by atoms with Gasteiger partial charge in [0.2, 0.25) is 11.8 Å². The van der Waals surface area contributed by atoms with E-state index < -0.39 is 0 Å². The monoisotopic (exact) mass is 425 g/mol. The van der Waals surface area contributed by atoms with Crippen LogP contribution in [0, 0.1) is 6.92 Å². The Morgan fingerprint density at radius 3 is 2.45 bits per heavy atom. The molecule has 0 aromatic heterocycles. The maximum absolute atomic E-state index is 12.4. The smallest absolute Gasteiger partial charge is 0.243 e. The summed E-state index contributed by atoms with van der Waals surface area (Å²) >= 11 is 0. The predicted molar refractivity (Wildman–Crippen MR) is 128 cm³/mol. The molecule has 0 heterocycles. The molecule has 0 atom stereocenters. The number of ether oxygens (including phenoxy) is 1. The van der Waals surface area contributed by atoms with Crippen molar-refractivity contribution in [2.75, 3.05) is 29.1 Å². The lowest BCUT2D eigenvalue weighted by molar-refractivity contribution is -0.116. The topological polar surface area (TPSA) is 79.5 Å². The molecule has 0 aliphatic carbocycles.